The van der Waals surface area contributed by atoms with Crippen LogP contribution in [0.2, 0.25) is 0 Å². The van der Waals surface area contributed by atoms with Crippen molar-refractivity contribution in [3.05, 3.63) is 17.8 Å². The van der Waals surface area contributed by atoms with Crippen molar-refractivity contribution in [1.82, 2.24) is 4.98 Å². The van der Waals surface area contributed by atoms with Crippen molar-refractivity contribution >= 4 is 0 Å². The Hall–Kier alpha value is -1.43. The van der Waals surface area contributed by atoms with Gasteiger partial charge in [0.05, 0.1) is 14.2 Å². The maximum absolute atomic E-state index is 13.3. The van der Waals surface area contributed by atoms with Gasteiger partial charge in [0.25, 0.3) is 0 Å². The molecule has 0 radical (unpaired) electrons. The predicted octanol–water partition coefficient (Wildman–Crippen LogP) is 1.18. The summed E-state index contributed by atoms with van der Waals surface area (Å²) in [6.45, 7) is -1.33. The summed E-state index contributed by atoms with van der Waals surface area (Å²) in [6, 6.07) is 1.28. The van der Waals surface area contributed by atoms with Crippen LogP contribution in [0, 0.1) is 0 Å². The van der Waals surface area contributed by atoms with E-state index >= 15 is 0 Å². The van der Waals surface area contributed by atoms with E-state index < -0.39 is 18.1 Å². The maximum Gasteiger partial charge on any atom is 0.304 e. The number of hydrogen-bond donors (Lipinski definition) is 1. The molecule has 0 aliphatic heterocycles. The lowest BCUT2D eigenvalue weighted by Gasteiger charge is -2.18. The lowest BCUT2D eigenvalue weighted by Crippen LogP contribution is -2.21. The van der Waals surface area contributed by atoms with Crippen LogP contribution in [0.1, 0.15) is 5.56 Å². The Morgan fingerprint density at radius 2 is 2.07 bits per heavy atom. The van der Waals surface area contributed by atoms with Gasteiger partial charge in [-0.15, -0.1) is 0 Å². The monoisotopic (exact) mass is 219 g/mol. The predicted molar refractivity (Wildman–Crippen MR) is 48.3 cm³/mol. The molecule has 1 heterocycles. The molecule has 0 spiro atoms. The molecule has 84 valence electrons. The molecular formula is C9H11F2NO3. The van der Waals surface area contributed by atoms with Crippen LogP contribution in [-0.2, 0) is 5.92 Å². The molecule has 0 saturated heterocycles. The summed E-state index contributed by atoms with van der Waals surface area (Å²) in [5.74, 6) is -3.76. The highest BCUT2D eigenvalue weighted by Crippen LogP contribution is 2.39. The Morgan fingerprint density at radius 3 is 2.53 bits per heavy atom. The molecule has 0 amide bonds. The van der Waals surface area contributed by atoms with E-state index in [1.165, 1.54) is 26.5 Å². The zero-order chi connectivity index (χ0) is 11.5. The Morgan fingerprint density at radius 1 is 1.40 bits per heavy atom. The highest BCUT2D eigenvalue weighted by Gasteiger charge is 2.38. The molecular weight excluding hydrogens is 208 g/mol. The Labute approximate surface area is 85.5 Å². The van der Waals surface area contributed by atoms with Crippen molar-refractivity contribution in [3.63, 3.8) is 0 Å². The molecule has 0 fully saturated rings. The first-order valence-electron chi connectivity index (χ1n) is 4.13. The van der Waals surface area contributed by atoms with Gasteiger partial charge in [0.1, 0.15) is 17.9 Å². The van der Waals surface area contributed by atoms with E-state index in [1.807, 2.05) is 0 Å². The van der Waals surface area contributed by atoms with E-state index in [1.54, 1.807) is 0 Å². The zero-order valence-corrected chi connectivity index (χ0v) is 8.33. The minimum Gasteiger partial charge on any atom is -0.496 e. The summed E-state index contributed by atoms with van der Waals surface area (Å²) < 4.78 is 36.1. The number of pyridine rings is 1. The Balaban J connectivity index is 3.34. The minimum atomic E-state index is -3.44. The molecule has 15 heavy (non-hydrogen) atoms. The number of nitrogens with zero attached hydrogens (tertiary/aromatic N) is 1. The molecule has 0 bridgehead atoms. The molecule has 0 saturated carbocycles. The van der Waals surface area contributed by atoms with Gasteiger partial charge in [-0.05, 0) is 6.07 Å². The lowest BCUT2D eigenvalue weighted by molar-refractivity contribution is -0.0590. The molecule has 0 aliphatic rings. The van der Waals surface area contributed by atoms with Crippen molar-refractivity contribution in [2.45, 2.75) is 5.92 Å². The van der Waals surface area contributed by atoms with Crippen LogP contribution in [0.15, 0.2) is 12.3 Å². The average molecular weight is 219 g/mol. The SMILES string of the molecule is COc1ccnc(OC)c1C(F)(F)CO. The lowest BCUT2D eigenvalue weighted by atomic mass is 10.1. The number of alkyl halides is 2. The van der Waals surface area contributed by atoms with Crippen LogP contribution in [0.25, 0.3) is 0 Å². The van der Waals surface area contributed by atoms with E-state index in [2.05, 4.69) is 4.98 Å². The fourth-order valence-corrected chi connectivity index (χ4v) is 1.17. The van der Waals surface area contributed by atoms with Crippen molar-refractivity contribution in [2.75, 3.05) is 20.8 Å². The summed E-state index contributed by atoms with van der Waals surface area (Å²) >= 11 is 0. The van der Waals surface area contributed by atoms with Gasteiger partial charge in [-0.3, -0.25) is 0 Å². The molecule has 0 atom stereocenters. The maximum atomic E-state index is 13.3. The molecule has 1 aromatic rings. The van der Waals surface area contributed by atoms with Gasteiger partial charge in [0.2, 0.25) is 5.88 Å². The van der Waals surface area contributed by atoms with Crippen LogP contribution in [-0.4, -0.2) is 30.9 Å². The van der Waals surface area contributed by atoms with E-state index in [4.69, 9.17) is 14.6 Å². The second kappa shape index (κ2) is 4.39. The number of aliphatic hydroxyl groups is 1. The van der Waals surface area contributed by atoms with Crippen LogP contribution >= 0.6 is 0 Å². The summed E-state index contributed by atoms with van der Waals surface area (Å²) in [5.41, 5.74) is -0.544. The summed E-state index contributed by atoms with van der Waals surface area (Å²) in [5, 5.41) is 8.60. The molecule has 1 aromatic heterocycles. The summed E-state index contributed by atoms with van der Waals surface area (Å²) in [7, 11) is 2.48. The standard InChI is InChI=1S/C9H11F2NO3/c1-14-6-3-4-12-8(15-2)7(6)9(10,11)5-13/h3-4,13H,5H2,1-2H3. The number of rotatable bonds is 4. The third-order valence-corrected chi connectivity index (χ3v) is 1.86. The highest BCUT2D eigenvalue weighted by atomic mass is 19.3. The number of hydrogen-bond acceptors (Lipinski definition) is 4. The first-order chi connectivity index (χ1) is 7.06. The fourth-order valence-electron chi connectivity index (χ4n) is 1.17. The smallest absolute Gasteiger partial charge is 0.304 e. The third-order valence-electron chi connectivity index (χ3n) is 1.86. The zero-order valence-electron chi connectivity index (χ0n) is 8.33. The van der Waals surface area contributed by atoms with Gasteiger partial charge in [-0.25, -0.2) is 4.98 Å². The topological polar surface area (TPSA) is 51.6 Å². The summed E-state index contributed by atoms with van der Waals surface area (Å²) in [4.78, 5) is 3.63. The third kappa shape index (κ3) is 2.15. The first-order valence-corrected chi connectivity index (χ1v) is 4.13. The van der Waals surface area contributed by atoms with Crippen molar-refractivity contribution in [2.24, 2.45) is 0 Å². The van der Waals surface area contributed by atoms with Crippen LogP contribution in [0.4, 0.5) is 8.78 Å². The average Bonchev–Trinajstić information content (AvgIpc) is 2.27. The van der Waals surface area contributed by atoms with E-state index in [0.29, 0.717) is 0 Å². The van der Waals surface area contributed by atoms with E-state index in [9.17, 15) is 8.78 Å². The second-order valence-electron chi connectivity index (χ2n) is 2.76. The molecule has 0 unspecified atom stereocenters. The van der Waals surface area contributed by atoms with Crippen LogP contribution in [0.3, 0.4) is 0 Å². The molecule has 0 aromatic carbocycles. The number of methoxy groups -OCH3 is 2. The molecule has 6 heteroatoms. The Bertz CT molecular complexity index is 322. The second-order valence-corrected chi connectivity index (χ2v) is 2.76. The normalized spacial score (nSPS) is 11.3. The molecule has 1 rings (SSSR count). The van der Waals surface area contributed by atoms with Gasteiger partial charge < -0.3 is 14.6 Å². The van der Waals surface area contributed by atoms with Crippen LogP contribution < -0.4 is 9.47 Å². The number of aromatic nitrogens is 1. The van der Waals surface area contributed by atoms with Gasteiger partial charge in [0.15, 0.2) is 0 Å². The first kappa shape index (κ1) is 11.6. The van der Waals surface area contributed by atoms with E-state index in [-0.39, 0.29) is 11.6 Å². The molecule has 1 N–H and O–H groups in total. The quantitative estimate of drug-likeness (QED) is 0.826. The fraction of sp³-hybridized carbons (Fsp3) is 0.444. The van der Waals surface area contributed by atoms with Gasteiger partial charge >= 0.3 is 5.92 Å². The van der Waals surface area contributed by atoms with Crippen molar-refractivity contribution in [1.29, 1.82) is 0 Å². The van der Waals surface area contributed by atoms with Gasteiger partial charge in [-0.2, -0.15) is 8.78 Å². The van der Waals surface area contributed by atoms with Gasteiger partial charge in [-0.1, -0.05) is 0 Å². The molecule has 4 nitrogen and oxygen atoms in total. The van der Waals surface area contributed by atoms with Crippen molar-refractivity contribution in [3.8, 4) is 11.6 Å². The van der Waals surface area contributed by atoms with Crippen LogP contribution in [0.5, 0.6) is 11.6 Å². The highest BCUT2D eigenvalue weighted by molar-refractivity contribution is 5.43. The van der Waals surface area contributed by atoms with Crippen molar-refractivity contribution < 1.29 is 23.4 Å². The van der Waals surface area contributed by atoms with Gasteiger partial charge in [0, 0.05) is 6.20 Å². The van der Waals surface area contributed by atoms with E-state index in [0.717, 1.165) is 0 Å². The number of ether oxygens (including phenoxy) is 2. The number of aliphatic hydroxyl groups excluding tert-OH is 1. The number of halogens is 2. The summed E-state index contributed by atoms with van der Waals surface area (Å²) in [6.07, 6.45) is 1.29. The minimum absolute atomic E-state index is 0.0686. The Kier molecular flexibility index (Phi) is 3.41. The molecule has 0 aliphatic carbocycles. The largest absolute Gasteiger partial charge is 0.496 e.